The molecule has 2 aromatic heterocycles. The predicted molar refractivity (Wildman–Crippen MR) is 119 cm³/mol. The number of carbonyl (C=O) groups is 1. The summed E-state index contributed by atoms with van der Waals surface area (Å²) in [5.41, 5.74) is 3.66. The third-order valence-electron chi connectivity index (χ3n) is 5.37. The van der Waals surface area contributed by atoms with Crippen LogP contribution in [0.25, 0.3) is 17.5 Å². The van der Waals surface area contributed by atoms with Crippen molar-refractivity contribution >= 4 is 23.6 Å². The lowest BCUT2D eigenvalue weighted by molar-refractivity contribution is 0.0712. The standard InChI is InChI=1S/C24H23ClN4O/c1-2-4-19-16-27-23(20-5-3-12-26-15-20)28-22(19)17-10-13-29(14-11-17)24(30)18-6-8-21(25)9-7-18/h2-9,12,15-17H,10-11,13-14H2,1H3. The van der Waals surface area contributed by atoms with E-state index in [1.807, 2.05) is 42.3 Å². The Balaban J connectivity index is 1.53. The molecule has 0 N–H and O–H groups in total. The molecule has 1 aliphatic rings. The lowest BCUT2D eigenvalue weighted by Crippen LogP contribution is -2.38. The molecule has 0 spiro atoms. The van der Waals surface area contributed by atoms with Crippen molar-refractivity contribution in [3.8, 4) is 11.4 Å². The molecule has 0 unspecified atom stereocenters. The van der Waals surface area contributed by atoms with Gasteiger partial charge >= 0.3 is 0 Å². The SMILES string of the molecule is CC=Cc1cnc(-c2cccnc2)nc1C1CCN(C(=O)c2ccc(Cl)cc2)CC1. The van der Waals surface area contributed by atoms with Crippen molar-refractivity contribution in [2.75, 3.05) is 13.1 Å². The maximum absolute atomic E-state index is 12.8. The maximum atomic E-state index is 12.8. The van der Waals surface area contributed by atoms with E-state index < -0.39 is 0 Å². The van der Waals surface area contributed by atoms with E-state index in [0.29, 0.717) is 29.5 Å². The van der Waals surface area contributed by atoms with Gasteiger partial charge in [-0.1, -0.05) is 23.8 Å². The molecule has 1 aliphatic heterocycles. The summed E-state index contributed by atoms with van der Waals surface area (Å²) in [6.45, 7) is 3.40. The smallest absolute Gasteiger partial charge is 0.253 e. The number of hydrogen-bond donors (Lipinski definition) is 0. The van der Waals surface area contributed by atoms with Crippen LogP contribution in [0.4, 0.5) is 0 Å². The van der Waals surface area contributed by atoms with Crippen LogP contribution in [-0.2, 0) is 0 Å². The Hall–Kier alpha value is -3.05. The van der Waals surface area contributed by atoms with Crippen molar-refractivity contribution in [3.05, 3.63) is 82.9 Å². The first kappa shape index (κ1) is 20.2. The Labute approximate surface area is 181 Å². The van der Waals surface area contributed by atoms with Crippen LogP contribution in [0.5, 0.6) is 0 Å². The number of rotatable bonds is 4. The topological polar surface area (TPSA) is 59.0 Å². The van der Waals surface area contributed by atoms with Gasteiger partial charge in [-0.2, -0.15) is 0 Å². The lowest BCUT2D eigenvalue weighted by atomic mass is 9.90. The van der Waals surface area contributed by atoms with Crippen LogP contribution in [0.1, 0.15) is 47.3 Å². The highest BCUT2D eigenvalue weighted by atomic mass is 35.5. The van der Waals surface area contributed by atoms with E-state index in [1.165, 1.54) is 0 Å². The minimum absolute atomic E-state index is 0.0533. The van der Waals surface area contributed by atoms with Gasteiger partial charge < -0.3 is 4.90 Å². The van der Waals surface area contributed by atoms with Crippen LogP contribution >= 0.6 is 11.6 Å². The van der Waals surface area contributed by atoms with Crippen LogP contribution in [0.3, 0.4) is 0 Å². The number of halogens is 1. The molecule has 1 saturated heterocycles. The van der Waals surface area contributed by atoms with Crippen molar-refractivity contribution in [2.45, 2.75) is 25.7 Å². The molecule has 0 bridgehead atoms. The molecule has 0 radical (unpaired) electrons. The van der Waals surface area contributed by atoms with Gasteiger partial charge in [0.15, 0.2) is 5.82 Å². The summed E-state index contributed by atoms with van der Waals surface area (Å²) in [4.78, 5) is 28.3. The molecule has 3 aromatic rings. The number of likely N-dealkylation sites (tertiary alicyclic amines) is 1. The minimum Gasteiger partial charge on any atom is -0.339 e. The first-order valence-electron chi connectivity index (χ1n) is 10.1. The first-order chi connectivity index (χ1) is 14.7. The molecular formula is C24H23ClN4O. The van der Waals surface area contributed by atoms with Gasteiger partial charge in [-0.25, -0.2) is 9.97 Å². The van der Waals surface area contributed by atoms with Crippen molar-refractivity contribution < 1.29 is 4.79 Å². The molecule has 152 valence electrons. The van der Waals surface area contributed by atoms with Gasteiger partial charge in [-0.3, -0.25) is 9.78 Å². The van der Waals surface area contributed by atoms with Gasteiger partial charge in [0.2, 0.25) is 0 Å². The first-order valence-corrected chi connectivity index (χ1v) is 10.5. The molecule has 0 aliphatic carbocycles. The number of amides is 1. The molecule has 30 heavy (non-hydrogen) atoms. The fraction of sp³-hybridized carbons (Fsp3) is 0.250. The number of carbonyl (C=O) groups excluding carboxylic acids is 1. The molecule has 1 aromatic carbocycles. The van der Waals surface area contributed by atoms with Crippen molar-refractivity contribution in [2.24, 2.45) is 0 Å². The van der Waals surface area contributed by atoms with E-state index in [0.717, 1.165) is 29.7 Å². The van der Waals surface area contributed by atoms with Crippen LogP contribution in [0.2, 0.25) is 5.02 Å². The van der Waals surface area contributed by atoms with Gasteiger partial charge in [0, 0.05) is 59.3 Å². The second-order valence-corrected chi connectivity index (χ2v) is 7.79. The van der Waals surface area contributed by atoms with Crippen LogP contribution in [0, 0.1) is 0 Å². The van der Waals surface area contributed by atoms with E-state index in [2.05, 4.69) is 9.97 Å². The zero-order chi connectivity index (χ0) is 20.9. The largest absolute Gasteiger partial charge is 0.339 e. The van der Waals surface area contributed by atoms with Crippen LogP contribution < -0.4 is 0 Å². The summed E-state index contributed by atoms with van der Waals surface area (Å²) in [5, 5.41) is 0.634. The number of hydrogen-bond acceptors (Lipinski definition) is 4. The Kier molecular flexibility index (Phi) is 6.19. The van der Waals surface area contributed by atoms with E-state index in [-0.39, 0.29) is 11.8 Å². The van der Waals surface area contributed by atoms with Crippen LogP contribution in [0.15, 0.2) is 61.1 Å². The number of piperidine rings is 1. The highest BCUT2D eigenvalue weighted by Gasteiger charge is 2.27. The third-order valence-corrected chi connectivity index (χ3v) is 5.63. The van der Waals surface area contributed by atoms with Gasteiger partial charge in [0.05, 0.1) is 5.69 Å². The number of benzene rings is 1. The lowest BCUT2D eigenvalue weighted by Gasteiger charge is -2.32. The summed E-state index contributed by atoms with van der Waals surface area (Å²) >= 11 is 5.94. The number of aromatic nitrogens is 3. The van der Waals surface area contributed by atoms with E-state index in [1.54, 1.807) is 36.7 Å². The summed E-state index contributed by atoms with van der Waals surface area (Å²) in [5.74, 6) is 1.02. The summed E-state index contributed by atoms with van der Waals surface area (Å²) in [6, 6.07) is 10.9. The summed E-state index contributed by atoms with van der Waals surface area (Å²) < 4.78 is 0. The monoisotopic (exact) mass is 418 g/mol. The Morgan fingerprint density at radius 3 is 2.57 bits per heavy atom. The fourth-order valence-corrected chi connectivity index (χ4v) is 3.93. The zero-order valence-electron chi connectivity index (χ0n) is 16.8. The zero-order valence-corrected chi connectivity index (χ0v) is 17.6. The molecule has 4 rings (SSSR count). The molecule has 0 atom stereocenters. The molecule has 6 heteroatoms. The van der Waals surface area contributed by atoms with Gasteiger partial charge in [-0.15, -0.1) is 0 Å². The summed E-state index contributed by atoms with van der Waals surface area (Å²) in [6.07, 6.45) is 11.2. The minimum atomic E-state index is 0.0533. The Morgan fingerprint density at radius 2 is 1.90 bits per heavy atom. The normalized spacial score (nSPS) is 14.9. The average Bonchev–Trinajstić information content (AvgIpc) is 2.80. The second kappa shape index (κ2) is 9.18. The number of allylic oxidation sites excluding steroid dienone is 1. The highest BCUT2D eigenvalue weighted by Crippen LogP contribution is 2.31. The van der Waals surface area contributed by atoms with Crippen molar-refractivity contribution in [1.82, 2.24) is 19.9 Å². The van der Waals surface area contributed by atoms with E-state index in [4.69, 9.17) is 16.6 Å². The maximum Gasteiger partial charge on any atom is 0.253 e. The number of nitrogens with zero attached hydrogens (tertiary/aromatic N) is 4. The Morgan fingerprint density at radius 1 is 1.13 bits per heavy atom. The summed E-state index contributed by atoms with van der Waals surface area (Å²) in [7, 11) is 0. The average molecular weight is 419 g/mol. The third kappa shape index (κ3) is 4.41. The van der Waals surface area contributed by atoms with Gasteiger partial charge in [-0.05, 0) is 56.2 Å². The van der Waals surface area contributed by atoms with Gasteiger partial charge in [0.25, 0.3) is 5.91 Å². The molecule has 1 fully saturated rings. The quantitative estimate of drug-likeness (QED) is 0.581. The molecule has 1 amide bonds. The van der Waals surface area contributed by atoms with Crippen LogP contribution in [-0.4, -0.2) is 38.8 Å². The number of pyridine rings is 1. The molecule has 5 nitrogen and oxygen atoms in total. The Bertz CT molecular complexity index is 1040. The predicted octanol–water partition coefficient (Wildman–Crippen LogP) is 5.24. The molecular weight excluding hydrogens is 396 g/mol. The van der Waals surface area contributed by atoms with Crippen molar-refractivity contribution in [3.63, 3.8) is 0 Å². The van der Waals surface area contributed by atoms with E-state index in [9.17, 15) is 4.79 Å². The fourth-order valence-electron chi connectivity index (χ4n) is 3.80. The van der Waals surface area contributed by atoms with Crippen molar-refractivity contribution in [1.29, 1.82) is 0 Å². The van der Waals surface area contributed by atoms with E-state index >= 15 is 0 Å². The second-order valence-electron chi connectivity index (χ2n) is 7.35. The highest BCUT2D eigenvalue weighted by molar-refractivity contribution is 6.30. The molecule has 3 heterocycles. The molecule has 0 saturated carbocycles. The van der Waals surface area contributed by atoms with Gasteiger partial charge in [0.1, 0.15) is 0 Å².